The van der Waals surface area contributed by atoms with Crippen molar-refractivity contribution in [3.8, 4) is 6.19 Å². The molecule has 0 amide bonds. The van der Waals surface area contributed by atoms with Crippen LogP contribution in [-0.4, -0.2) is 45.7 Å². The van der Waals surface area contributed by atoms with Crippen LogP contribution in [0.25, 0.3) is 0 Å². The summed E-state index contributed by atoms with van der Waals surface area (Å²) in [6.45, 7) is 0.738. The number of halogens is 2. The van der Waals surface area contributed by atoms with E-state index in [2.05, 4.69) is 42.8 Å². The van der Waals surface area contributed by atoms with E-state index in [1.165, 1.54) is 6.07 Å². The standard InChI is InChI=1S/C13H15Br2N3O3S/c1-21-7-11-5-10(6-18(11)8-16)17-22(19,20)13-4-9(14)2-3-12(13)15/h2-4,10-11,17H,5-7H2,1H3. The molecule has 1 aromatic carbocycles. The predicted molar refractivity (Wildman–Crippen MR) is 88.6 cm³/mol. The van der Waals surface area contributed by atoms with Gasteiger partial charge in [-0.1, -0.05) is 15.9 Å². The Kier molecular flexibility index (Phi) is 5.85. The highest BCUT2D eigenvalue weighted by Gasteiger charge is 2.34. The molecule has 1 N–H and O–H groups in total. The summed E-state index contributed by atoms with van der Waals surface area (Å²) >= 11 is 6.53. The Morgan fingerprint density at radius 3 is 2.86 bits per heavy atom. The Morgan fingerprint density at radius 2 is 2.23 bits per heavy atom. The molecule has 1 aliphatic rings. The van der Waals surface area contributed by atoms with E-state index in [0.29, 0.717) is 28.5 Å². The topological polar surface area (TPSA) is 82.4 Å². The maximum Gasteiger partial charge on any atom is 0.242 e. The molecule has 9 heteroatoms. The van der Waals surface area contributed by atoms with E-state index in [-0.39, 0.29) is 17.0 Å². The van der Waals surface area contributed by atoms with Gasteiger partial charge in [-0.15, -0.1) is 0 Å². The van der Waals surface area contributed by atoms with E-state index in [1.807, 2.05) is 0 Å². The van der Waals surface area contributed by atoms with Gasteiger partial charge >= 0.3 is 0 Å². The summed E-state index contributed by atoms with van der Waals surface area (Å²) in [7, 11) is -2.11. The second-order valence-electron chi connectivity index (χ2n) is 4.99. The predicted octanol–water partition coefficient (Wildman–Crippen LogP) is 2.06. The van der Waals surface area contributed by atoms with Crippen LogP contribution in [0.15, 0.2) is 32.0 Å². The Balaban J connectivity index is 2.16. The maximum atomic E-state index is 12.5. The summed E-state index contributed by atoms with van der Waals surface area (Å²) in [5.74, 6) is 0. The van der Waals surface area contributed by atoms with Crippen LogP contribution < -0.4 is 4.72 Å². The fourth-order valence-electron chi connectivity index (χ4n) is 2.44. The molecule has 0 saturated carbocycles. The van der Waals surface area contributed by atoms with Crippen LogP contribution in [0.4, 0.5) is 0 Å². The quantitative estimate of drug-likeness (QED) is 0.691. The molecular weight excluding hydrogens is 438 g/mol. The van der Waals surface area contributed by atoms with Gasteiger partial charge in [0.1, 0.15) is 0 Å². The van der Waals surface area contributed by atoms with Crippen molar-refractivity contribution in [2.75, 3.05) is 20.3 Å². The highest BCUT2D eigenvalue weighted by atomic mass is 79.9. The number of benzene rings is 1. The molecule has 2 atom stereocenters. The summed E-state index contributed by atoms with van der Waals surface area (Å²) in [5, 5.41) is 9.11. The van der Waals surface area contributed by atoms with Gasteiger partial charge in [-0.05, 0) is 40.5 Å². The minimum atomic E-state index is -3.67. The second-order valence-corrected chi connectivity index (χ2v) is 8.44. The first kappa shape index (κ1) is 17.7. The van der Waals surface area contributed by atoms with Crippen LogP contribution in [0.3, 0.4) is 0 Å². The van der Waals surface area contributed by atoms with E-state index < -0.39 is 10.0 Å². The molecule has 1 fully saturated rings. The van der Waals surface area contributed by atoms with Gasteiger partial charge < -0.3 is 9.64 Å². The average molecular weight is 453 g/mol. The number of ether oxygens (including phenoxy) is 1. The van der Waals surface area contributed by atoms with Crippen LogP contribution in [0, 0.1) is 11.5 Å². The Morgan fingerprint density at radius 1 is 1.50 bits per heavy atom. The Labute approximate surface area is 146 Å². The summed E-state index contributed by atoms with van der Waals surface area (Å²) in [5.41, 5.74) is 0. The summed E-state index contributed by atoms with van der Waals surface area (Å²) in [6.07, 6.45) is 2.61. The first-order chi connectivity index (χ1) is 10.4. The van der Waals surface area contributed by atoms with Crippen LogP contribution in [0.5, 0.6) is 0 Å². The van der Waals surface area contributed by atoms with Crippen molar-refractivity contribution in [1.82, 2.24) is 9.62 Å². The molecule has 0 aromatic heterocycles. The van der Waals surface area contributed by atoms with E-state index in [9.17, 15) is 8.42 Å². The van der Waals surface area contributed by atoms with Gasteiger partial charge in [-0.25, -0.2) is 13.1 Å². The van der Waals surface area contributed by atoms with Gasteiger partial charge in [-0.2, -0.15) is 5.26 Å². The lowest BCUT2D eigenvalue weighted by molar-refractivity contribution is 0.141. The number of sulfonamides is 1. The lowest BCUT2D eigenvalue weighted by atomic mass is 10.2. The third-order valence-electron chi connectivity index (χ3n) is 3.41. The van der Waals surface area contributed by atoms with Crippen molar-refractivity contribution < 1.29 is 13.2 Å². The maximum absolute atomic E-state index is 12.5. The van der Waals surface area contributed by atoms with Gasteiger partial charge in [0, 0.05) is 28.6 Å². The average Bonchev–Trinajstić information content (AvgIpc) is 2.83. The van der Waals surface area contributed by atoms with Crippen molar-refractivity contribution in [2.45, 2.75) is 23.4 Å². The van der Waals surface area contributed by atoms with E-state index >= 15 is 0 Å². The van der Waals surface area contributed by atoms with E-state index in [4.69, 9.17) is 10.00 Å². The molecule has 0 radical (unpaired) electrons. The molecule has 1 saturated heterocycles. The highest BCUT2D eigenvalue weighted by molar-refractivity contribution is 9.11. The largest absolute Gasteiger partial charge is 0.383 e. The number of nitriles is 1. The van der Waals surface area contributed by atoms with Gasteiger partial charge in [0.25, 0.3) is 0 Å². The first-order valence-electron chi connectivity index (χ1n) is 6.50. The zero-order chi connectivity index (χ0) is 16.3. The van der Waals surface area contributed by atoms with Crippen molar-refractivity contribution in [3.63, 3.8) is 0 Å². The second kappa shape index (κ2) is 7.27. The number of nitrogens with one attached hydrogen (secondary N) is 1. The van der Waals surface area contributed by atoms with Crippen LogP contribution >= 0.6 is 31.9 Å². The minimum absolute atomic E-state index is 0.103. The molecule has 0 aliphatic carbocycles. The fourth-order valence-corrected chi connectivity index (χ4v) is 5.18. The van der Waals surface area contributed by atoms with Crippen molar-refractivity contribution in [2.24, 2.45) is 0 Å². The van der Waals surface area contributed by atoms with E-state index in [0.717, 1.165) is 0 Å². The molecule has 1 aliphatic heterocycles. The normalized spacial score (nSPS) is 21.8. The lowest BCUT2D eigenvalue weighted by Gasteiger charge is -2.16. The number of methoxy groups -OCH3 is 1. The molecule has 0 spiro atoms. The number of hydrogen-bond donors (Lipinski definition) is 1. The lowest BCUT2D eigenvalue weighted by Crippen LogP contribution is -2.36. The molecule has 2 unspecified atom stereocenters. The molecule has 2 rings (SSSR count). The summed E-state index contributed by atoms with van der Waals surface area (Å²) < 4.78 is 34.0. The summed E-state index contributed by atoms with van der Waals surface area (Å²) in [6, 6.07) is 4.54. The Bertz CT molecular complexity index is 690. The number of nitrogens with zero attached hydrogens (tertiary/aromatic N) is 2. The van der Waals surface area contributed by atoms with Crippen molar-refractivity contribution in [3.05, 3.63) is 27.1 Å². The SMILES string of the molecule is COCC1CC(NS(=O)(=O)c2cc(Br)ccc2Br)CN1C#N. The number of likely N-dealkylation sites (tertiary alicyclic amines) is 1. The van der Waals surface area contributed by atoms with Crippen LogP contribution in [-0.2, 0) is 14.8 Å². The molecular formula is C13H15Br2N3O3S. The Hall–Kier alpha value is -0.660. The minimum Gasteiger partial charge on any atom is -0.383 e. The number of rotatable bonds is 5. The number of hydrogen-bond acceptors (Lipinski definition) is 5. The zero-order valence-electron chi connectivity index (χ0n) is 11.8. The van der Waals surface area contributed by atoms with Gasteiger partial charge in [-0.3, -0.25) is 0 Å². The molecule has 6 nitrogen and oxygen atoms in total. The fraction of sp³-hybridized carbons (Fsp3) is 0.462. The van der Waals surface area contributed by atoms with Crippen LogP contribution in [0.1, 0.15) is 6.42 Å². The first-order valence-corrected chi connectivity index (χ1v) is 9.57. The molecule has 1 heterocycles. The van der Waals surface area contributed by atoms with Crippen molar-refractivity contribution >= 4 is 41.9 Å². The third kappa shape index (κ3) is 4.00. The molecule has 22 heavy (non-hydrogen) atoms. The van der Waals surface area contributed by atoms with Crippen LogP contribution in [0.2, 0.25) is 0 Å². The molecule has 120 valence electrons. The zero-order valence-corrected chi connectivity index (χ0v) is 15.8. The van der Waals surface area contributed by atoms with Gasteiger partial charge in [0.15, 0.2) is 6.19 Å². The van der Waals surface area contributed by atoms with E-state index in [1.54, 1.807) is 24.1 Å². The summed E-state index contributed by atoms with van der Waals surface area (Å²) in [4.78, 5) is 1.72. The third-order valence-corrected chi connectivity index (χ3v) is 6.41. The molecule has 0 bridgehead atoms. The molecule has 1 aromatic rings. The van der Waals surface area contributed by atoms with Gasteiger partial charge in [0.05, 0.1) is 17.5 Å². The van der Waals surface area contributed by atoms with Gasteiger partial charge in [0.2, 0.25) is 10.0 Å². The smallest absolute Gasteiger partial charge is 0.242 e. The monoisotopic (exact) mass is 451 g/mol. The van der Waals surface area contributed by atoms with Crippen molar-refractivity contribution in [1.29, 1.82) is 5.26 Å². The highest BCUT2D eigenvalue weighted by Crippen LogP contribution is 2.27.